The van der Waals surface area contributed by atoms with Gasteiger partial charge in [-0.1, -0.05) is 5.92 Å². The first kappa shape index (κ1) is 9.65. The highest BCUT2D eigenvalue weighted by Gasteiger charge is 2.36. The van der Waals surface area contributed by atoms with Crippen molar-refractivity contribution in [2.45, 2.75) is 19.6 Å². The van der Waals surface area contributed by atoms with E-state index in [1.165, 1.54) is 6.92 Å². The van der Waals surface area contributed by atoms with Gasteiger partial charge < -0.3 is 0 Å². The van der Waals surface area contributed by atoms with Gasteiger partial charge in [0.1, 0.15) is 12.2 Å². The fourth-order valence-corrected chi connectivity index (χ4v) is 1.05. The smallest absolute Gasteiger partial charge is 0.248 e. The Morgan fingerprint density at radius 1 is 1.62 bits per heavy atom. The van der Waals surface area contributed by atoms with Gasteiger partial charge in [-0.2, -0.15) is 18.3 Å². The second-order valence-corrected chi connectivity index (χ2v) is 2.54. The molecule has 0 fully saturated rings. The summed E-state index contributed by atoms with van der Waals surface area (Å²) in [5, 5.41) is 3.53. The Hall–Kier alpha value is -1.44. The molecular formula is C8H7F3N2. The van der Waals surface area contributed by atoms with E-state index in [4.69, 9.17) is 6.42 Å². The van der Waals surface area contributed by atoms with Crippen LogP contribution in [0.2, 0.25) is 0 Å². The predicted molar refractivity (Wildman–Crippen MR) is 40.8 cm³/mol. The van der Waals surface area contributed by atoms with Crippen molar-refractivity contribution in [3.63, 3.8) is 0 Å². The lowest BCUT2D eigenvalue weighted by molar-refractivity contribution is -0.144. The first-order chi connectivity index (χ1) is 5.96. The first-order valence-corrected chi connectivity index (χ1v) is 3.50. The highest BCUT2D eigenvalue weighted by atomic mass is 19.4. The number of hydrogen-bond acceptors (Lipinski definition) is 1. The van der Waals surface area contributed by atoms with Gasteiger partial charge in [-0.3, -0.25) is 0 Å². The molecule has 1 rings (SSSR count). The highest BCUT2D eigenvalue weighted by Crippen LogP contribution is 2.31. The summed E-state index contributed by atoms with van der Waals surface area (Å²) in [4.78, 5) is 0. The van der Waals surface area contributed by atoms with E-state index in [-0.39, 0.29) is 12.1 Å². The maximum Gasteiger partial charge on any atom is 0.433 e. The van der Waals surface area contributed by atoms with Gasteiger partial charge in [-0.05, 0) is 12.5 Å². The van der Waals surface area contributed by atoms with E-state index in [0.717, 1.165) is 10.9 Å². The molecule has 0 N–H and O–H groups in total. The molecule has 5 heteroatoms. The van der Waals surface area contributed by atoms with Gasteiger partial charge in [0, 0.05) is 0 Å². The van der Waals surface area contributed by atoms with Gasteiger partial charge in [0.15, 0.2) is 0 Å². The molecular weight excluding hydrogens is 181 g/mol. The predicted octanol–water partition coefficient (Wildman–Crippen LogP) is 1.84. The highest BCUT2D eigenvalue weighted by molar-refractivity contribution is 5.19. The van der Waals surface area contributed by atoms with Crippen LogP contribution < -0.4 is 0 Å². The van der Waals surface area contributed by atoms with Crippen LogP contribution in [-0.2, 0) is 12.7 Å². The molecule has 0 unspecified atom stereocenters. The van der Waals surface area contributed by atoms with Crippen molar-refractivity contribution in [1.29, 1.82) is 0 Å². The van der Waals surface area contributed by atoms with Crippen LogP contribution in [0.5, 0.6) is 0 Å². The zero-order chi connectivity index (χ0) is 10.1. The maximum absolute atomic E-state index is 12.3. The lowest BCUT2D eigenvalue weighted by Crippen LogP contribution is -2.15. The lowest BCUT2D eigenvalue weighted by Gasteiger charge is -2.08. The third-order valence-corrected chi connectivity index (χ3v) is 1.53. The Morgan fingerprint density at radius 3 is 2.69 bits per heavy atom. The molecule has 0 aliphatic heterocycles. The van der Waals surface area contributed by atoms with Crippen LogP contribution in [0.15, 0.2) is 6.20 Å². The number of rotatable bonds is 1. The summed E-state index contributed by atoms with van der Waals surface area (Å²) in [6, 6.07) is 0. The van der Waals surface area contributed by atoms with Gasteiger partial charge in [0.05, 0.1) is 6.20 Å². The fraction of sp³-hybridized carbons (Fsp3) is 0.375. The van der Waals surface area contributed by atoms with E-state index in [1.54, 1.807) is 0 Å². The molecule has 0 saturated heterocycles. The Labute approximate surface area is 73.4 Å². The van der Waals surface area contributed by atoms with Crippen LogP contribution in [0.25, 0.3) is 0 Å². The summed E-state index contributed by atoms with van der Waals surface area (Å²) in [5.41, 5.74) is -0.687. The quantitative estimate of drug-likeness (QED) is 0.615. The normalized spacial score (nSPS) is 11.3. The molecule has 0 aliphatic carbocycles. The fourth-order valence-electron chi connectivity index (χ4n) is 1.05. The molecule has 1 aromatic rings. The molecule has 0 amide bonds. The summed E-state index contributed by atoms with van der Waals surface area (Å²) in [6.45, 7) is 1.19. The van der Waals surface area contributed by atoms with Crippen LogP contribution in [-0.4, -0.2) is 9.78 Å². The minimum absolute atomic E-state index is 0.0859. The molecule has 70 valence electrons. The van der Waals surface area contributed by atoms with E-state index in [1.807, 2.05) is 0 Å². The van der Waals surface area contributed by atoms with E-state index in [2.05, 4.69) is 11.0 Å². The zero-order valence-corrected chi connectivity index (χ0v) is 6.89. The van der Waals surface area contributed by atoms with Gasteiger partial charge in [-0.25, -0.2) is 4.68 Å². The largest absolute Gasteiger partial charge is 0.433 e. The number of alkyl halides is 3. The Bertz CT molecular complexity index is 343. The summed E-state index contributed by atoms with van der Waals surface area (Å²) >= 11 is 0. The molecule has 2 nitrogen and oxygen atoms in total. The van der Waals surface area contributed by atoms with Crippen LogP contribution in [0, 0.1) is 19.3 Å². The monoisotopic (exact) mass is 188 g/mol. The Kier molecular flexibility index (Phi) is 2.32. The van der Waals surface area contributed by atoms with E-state index in [0.29, 0.717) is 0 Å². The van der Waals surface area contributed by atoms with Crippen LogP contribution in [0.3, 0.4) is 0 Å². The Morgan fingerprint density at radius 2 is 2.23 bits per heavy atom. The minimum Gasteiger partial charge on any atom is -0.248 e. The average Bonchev–Trinajstić information content (AvgIpc) is 2.31. The second kappa shape index (κ2) is 3.13. The molecule has 13 heavy (non-hydrogen) atoms. The van der Waals surface area contributed by atoms with Gasteiger partial charge in [0.25, 0.3) is 0 Å². The summed E-state index contributed by atoms with van der Waals surface area (Å²) < 4.78 is 37.8. The summed E-state index contributed by atoms with van der Waals surface area (Å²) in [5.74, 6) is 2.11. The number of aryl methyl sites for hydroxylation is 1. The van der Waals surface area contributed by atoms with Crippen LogP contribution >= 0.6 is 0 Å². The van der Waals surface area contributed by atoms with Crippen molar-refractivity contribution in [2.24, 2.45) is 0 Å². The average molecular weight is 188 g/mol. The topological polar surface area (TPSA) is 17.8 Å². The van der Waals surface area contributed by atoms with Crippen LogP contribution in [0.1, 0.15) is 11.3 Å². The van der Waals surface area contributed by atoms with E-state index >= 15 is 0 Å². The molecule has 0 atom stereocenters. The molecule has 1 heterocycles. The molecule has 0 aliphatic rings. The summed E-state index contributed by atoms with van der Waals surface area (Å²) in [6.07, 6.45) is 1.67. The maximum atomic E-state index is 12.3. The van der Waals surface area contributed by atoms with Crippen molar-refractivity contribution in [3.8, 4) is 12.3 Å². The SMILES string of the molecule is C#CCn1ncc(C)c1C(F)(F)F. The molecule has 0 bridgehead atoms. The van der Waals surface area contributed by atoms with E-state index < -0.39 is 11.9 Å². The van der Waals surface area contributed by atoms with E-state index in [9.17, 15) is 13.2 Å². The van der Waals surface area contributed by atoms with Crippen molar-refractivity contribution >= 4 is 0 Å². The molecule has 0 radical (unpaired) electrons. The molecule has 0 spiro atoms. The number of hydrogen-bond donors (Lipinski definition) is 0. The van der Waals surface area contributed by atoms with Crippen molar-refractivity contribution < 1.29 is 13.2 Å². The van der Waals surface area contributed by atoms with Crippen molar-refractivity contribution in [2.75, 3.05) is 0 Å². The van der Waals surface area contributed by atoms with Gasteiger partial charge >= 0.3 is 6.18 Å². The van der Waals surface area contributed by atoms with Gasteiger partial charge in [0.2, 0.25) is 0 Å². The number of aromatic nitrogens is 2. The minimum atomic E-state index is -4.39. The Balaban J connectivity index is 3.18. The van der Waals surface area contributed by atoms with Crippen LogP contribution in [0.4, 0.5) is 13.2 Å². The van der Waals surface area contributed by atoms with Crippen molar-refractivity contribution in [3.05, 3.63) is 17.5 Å². The molecule has 0 saturated carbocycles. The first-order valence-electron chi connectivity index (χ1n) is 3.50. The molecule has 0 aromatic carbocycles. The lowest BCUT2D eigenvalue weighted by atomic mass is 10.3. The molecule has 1 aromatic heterocycles. The standard InChI is InChI=1S/C8H7F3N2/c1-3-4-13-7(8(9,10)11)6(2)5-12-13/h1,5H,4H2,2H3. The number of terminal acetylenes is 1. The zero-order valence-electron chi connectivity index (χ0n) is 6.89. The number of nitrogens with zero attached hydrogens (tertiary/aromatic N) is 2. The van der Waals surface area contributed by atoms with Gasteiger partial charge in [-0.15, -0.1) is 6.42 Å². The summed E-state index contributed by atoms with van der Waals surface area (Å²) in [7, 11) is 0. The van der Waals surface area contributed by atoms with Crippen molar-refractivity contribution in [1.82, 2.24) is 9.78 Å². The second-order valence-electron chi connectivity index (χ2n) is 2.54. The third kappa shape index (κ3) is 1.83. The number of halogens is 3. The third-order valence-electron chi connectivity index (χ3n) is 1.53.